The zero-order chi connectivity index (χ0) is 22.3. The molecule has 1 saturated heterocycles. The number of ketones is 1. The molecule has 0 radical (unpaired) electrons. The van der Waals surface area contributed by atoms with Crippen molar-refractivity contribution in [2.75, 3.05) is 4.90 Å². The molecule has 7 heteroatoms. The Morgan fingerprint density at radius 3 is 2.32 bits per heavy atom. The fourth-order valence-corrected chi connectivity index (χ4v) is 3.90. The van der Waals surface area contributed by atoms with Crippen molar-refractivity contribution in [3.05, 3.63) is 105 Å². The molecule has 4 nitrogen and oxygen atoms in total. The largest absolute Gasteiger partial charge is 0.507 e. The number of carbonyl (C=O) groups excluding carboxylic acids is 2. The number of halogens is 3. The molecule has 1 atom stereocenters. The van der Waals surface area contributed by atoms with Gasteiger partial charge >= 0.3 is 0 Å². The van der Waals surface area contributed by atoms with Gasteiger partial charge in [-0.1, -0.05) is 65.2 Å². The minimum atomic E-state index is -1.02. The molecule has 31 heavy (non-hydrogen) atoms. The van der Waals surface area contributed by atoms with Crippen molar-refractivity contribution < 1.29 is 19.1 Å². The molecule has 4 rings (SSSR count). The van der Waals surface area contributed by atoms with Crippen LogP contribution in [0.4, 0.5) is 10.1 Å². The van der Waals surface area contributed by atoms with Gasteiger partial charge in [-0.15, -0.1) is 0 Å². The Balaban J connectivity index is 1.97. The third-order valence-corrected chi connectivity index (χ3v) is 5.85. The standard InChI is InChI=1S/C24H16Cl2FNO3/c1-13-5-7-14(8-6-13)22(29)20-21(15-9-10-18(25)19(26)11-15)28(24(31)23(20)30)17-4-2-3-16(27)12-17/h2-12,21,29H,1H3/b22-20-. The van der Waals surface area contributed by atoms with Crippen LogP contribution in [0.15, 0.2) is 72.3 Å². The number of hydrogen-bond acceptors (Lipinski definition) is 3. The maximum atomic E-state index is 13.9. The lowest BCUT2D eigenvalue weighted by atomic mass is 9.95. The molecule has 0 bridgehead atoms. The van der Waals surface area contributed by atoms with Gasteiger partial charge in [-0.05, 0) is 42.8 Å². The molecule has 0 saturated carbocycles. The number of rotatable bonds is 3. The van der Waals surface area contributed by atoms with Gasteiger partial charge in [-0.2, -0.15) is 0 Å². The highest BCUT2D eigenvalue weighted by Gasteiger charge is 2.47. The Morgan fingerprint density at radius 2 is 1.68 bits per heavy atom. The molecule has 0 spiro atoms. The molecule has 3 aromatic rings. The number of aliphatic hydroxyl groups is 1. The molecule has 1 unspecified atom stereocenters. The quantitative estimate of drug-likeness (QED) is 0.296. The topological polar surface area (TPSA) is 57.6 Å². The third kappa shape index (κ3) is 3.82. The molecule has 0 aliphatic carbocycles. The first kappa shape index (κ1) is 21.1. The summed E-state index contributed by atoms with van der Waals surface area (Å²) >= 11 is 12.2. The van der Waals surface area contributed by atoms with E-state index in [1.165, 1.54) is 30.3 Å². The van der Waals surface area contributed by atoms with E-state index in [1.54, 1.807) is 30.3 Å². The summed E-state index contributed by atoms with van der Waals surface area (Å²) < 4.78 is 13.9. The second kappa shape index (κ2) is 8.17. The number of benzene rings is 3. The highest BCUT2D eigenvalue weighted by atomic mass is 35.5. The fraction of sp³-hybridized carbons (Fsp3) is 0.0833. The number of amides is 1. The highest BCUT2D eigenvalue weighted by molar-refractivity contribution is 6.51. The fourth-order valence-electron chi connectivity index (χ4n) is 3.59. The van der Waals surface area contributed by atoms with Crippen molar-refractivity contribution in [2.24, 2.45) is 0 Å². The van der Waals surface area contributed by atoms with Crippen LogP contribution in [0, 0.1) is 12.7 Å². The van der Waals surface area contributed by atoms with Crippen LogP contribution in [-0.4, -0.2) is 16.8 Å². The molecule has 1 aliphatic heterocycles. The Morgan fingerprint density at radius 1 is 0.968 bits per heavy atom. The van der Waals surface area contributed by atoms with Gasteiger partial charge in [0.15, 0.2) is 0 Å². The highest BCUT2D eigenvalue weighted by Crippen LogP contribution is 2.43. The minimum Gasteiger partial charge on any atom is -0.507 e. The van der Waals surface area contributed by atoms with E-state index in [1.807, 2.05) is 6.92 Å². The van der Waals surface area contributed by atoms with Crippen molar-refractivity contribution in [3.63, 3.8) is 0 Å². The molecule has 1 fully saturated rings. The number of Topliss-reactive ketones (excluding diaryl/α,β-unsaturated/α-hetero) is 1. The number of anilines is 1. The first-order chi connectivity index (χ1) is 14.8. The van der Waals surface area contributed by atoms with E-state index in [0.717, 1.165) is 16.5 Å². The van der Waals surface area contributed by atoms with E-state index in [0.29, 0.717) is 16.1 Å². The second-order valence-corrected chi connectivity index (χ2v) is 8.00. The zero-order valence-corrected chi connectivity index (χ0v) is 17.8. The maximum Gasteiger partial charge on any atom is 0.300 e. The van der Waals surface area contributed by atoms with Crippen molar-refractivity contribution in [1.82, 2.24) is 0 Å². The molecular formula is C24H16Cl2FNO3. The Labute approximate surface area is 188 Å². The maximum absolute atomic E-state index is 13.9. The van der Waals surface area contributed by atoms with Crippen LogP contribution in [0.3, 0.4) is 0 Å². The lowest BCUT2D eigenvalue weighted by Crippen LogP contribution is -2.29. The monoisotopic (exact) mass is 455 g/mol. The van der Waals surface area contributed by atoms with Gasteiger partial charge < -0.3 is 5.11 Å². The summed E-state index contributed by atoms with van der Waals surface area (Å²) in [6.45, 7) is 1.89. The van der Waals surface area contributed by atoms with Gasteiger partial charge in [0.1, 0.15) is 11.6 Å². The van der Waals surface area contributed by atoms with Gasteiger partial charge in [0.05, 0.1) is 21.7 Å². The van der Waals surface area contributed by atoms with Gasteiger partial charge in [0, 0.05) is 11.3 Å². The van der Waals surface area contributed by atoms with Crippen LogP contribution in [-0.2, 0) is 9.59 Å². The normalized spacial score (nSPS) is 17.9. The van der Waals surface area contributed by atoms with E-state index in [9.17, 15) is 19.1 Å². The molecule has 156 valence electrons. The van der Waals surface area contributed by atoms with Crippen molar-refractivity contribution in [3.8, 4) is 0 Å². The zero-order valence-electron chi connectivity index (χ0n) is 16.3. The number of carbonyl (C=O) groups is 2. The number of nitrogens with zero attached hydrogens (tertiary/aromatic N) is 1. The summed E-state index contributed by atoms with van der Waals surface area (Å²) in [5, 5.41) is 11.5. The Bertz CT molecular complexity index is 1240. The van der Waals surface area contributed by atoms with Crippen molar-refractivity contribution in [2.45, 2.75) is 13.0 Å². The summed E-state index contributed by atoms with van der Waals surface area (Å²) in [7, 11) is 0. The van der Waals surface area contributed by atoms with E-state index < -0.39 is 23.5 Å². The minimum absolute atomic E-state index is 0.114. The molecule has 1 aliphatic rings. The van der Waals surface area contributed by atoms with Gasteiger partial charge in [-0.25, -0.2) is 4.39 Å². The summed E-state index contributed by atoms with van der Waals surface area (Å²) in [6.07, 6.45) is 0. The molecule has 1 heterocycles. The van der Waals surface area contributed by atoms with Crippen LogP contribution in [0.2, 0.25) is 10.0 Å². The van der Waals surface area contributed by atoms with Crippen LogP contribution < -0.4 is 4.90 Å². The van der Waals surface area contributed by atoms with Crippen LogP contribution in [0.5, 0.6) is 0 Å². The average Bonchev–Trinajstić information content (AvgIpc) is 3.01. The Hall–Kier alpha value is -3.15. The second-order valence-electron chi connectivity index (χ2n) is 7.19. The van der Waals surface area contributed by atoms with Crippen molar-refractivity contribution in [1.29, 1.82) is 0 Å². The summed E-state index contributed by atoms with van der Waals surface area (Å²) in [5.74, 6) is -2.65. The SMILES string of the molecule is Cc1ccc(/C(O)=C2/C(=O)C(=O)N(c3cccc(F)c3)C2c2ccc(Cl)c(Cl)c2)cc1. The van der Waals surface area contributed by atoms with Gasteiger partial charge in [0.2, 0.25) is 0 Å². The van der Waals surface area contributed by atoms with Gasteiger partial charge in [-0.3, -0.25) is 14.5 Å². The molecular weight excluding hydrogens is 440 g/mol. The summed E-state index contributed by atoms with van der Waals surface area (Å²) in [4.78, 5) is 27.2. The number of aryl methyl sites for hydroxylation is 1. The van der Waals surface area contributed by atoms with E-state index in [2.05, 4.69) is 0 Å². The Kier molecular flexibility index (Phi) is 5.56. The summed E-state index contributed by atoms with van der Waals surface area (Å²) in [6, 6.07) is 15.9. The van der Waals surface area contributed by atoms with Crippen LogP contribution >= 0.6 is 23.2 Å². The first-order valence-electron chi connectivity index (χ1n) is 9.36. The molecule has 1 N–H and O–H groups in total. The lowest BCUT2D eigenvalue weighted by molar-refractivity contribution is -0.132. The van der Waals surface area contributed by atoms with E-state index >= 15 is 0 Å². The molecule has 1 amide bonds. The van der Waals surface area contributed by atoms with Gasteiger partial charge in [0.25, 0.3) is 11.7 Å². The first-order valence-corrected chi connectivity index (χ1v) is 10.1. The molecule has 3 aromatic carbocycles. The number of hydrogen-bond donors (Lipinski definition) is 1. The lowest BCUT2D eigenvalue weighted by Gasteiger charge is -2.25. The van der Waals surface area contributed by atoms with E-state index in [-0.39, 0.29) is 22.0 Å². The van der Waals surface area contributed by atoms with Crippen LogP contribution in [0.25, 0.3) is 5.76 Å². The number of aliphatic hydroxyl groups excluding tert-OH is 1. The van der Waals surface area contributed by atoms with Crippen LogP contribution in [0.1, 0.15) is 22.7 Å². The predicted octanol–water partition coefficient (Wildman–Crippen LogP) is 6.07. The summed E-state index contributed by atoms with van der Waals surface area (Å²) in [5.41, 5.74) is 1.87. The van der Waals surface area contributed by atoms with Crippen molar-refractivity contribution >= 4 is 46.3 Å². The third-order valence-electron chi connectivity index (χ3n) is 5.12. The van der Waals surface area contributed by atoms with E-state index in [4.69, 9.17) is 23.2 Å². The smallest absolute Gasteiger partial charge is 0.300 e. The predicted molar refractivity (Wildman–Crippen MR) is 119 cm³/mol. The molecule has 0 aromatic heterocycles. The average molecular weight is 456 g/mol.